The van der Waals surface area contributed by atoms with Gasteiger partial charge in [0.2, 0.25) is 0 Å². The molecule has 1 aromatic rings. The molecule has 0 aliphatic rings. The van der Waals surface area contributed by atoms with Crippen LogP contribution in [0.1, 0.15) is 23.3 Å². The van der Waals surface area contributed by atoms with Crippen LogP contribution in [-0.4, -0.2) is 23.8 Å². The fraction of sp³-hybridized carbons (Fsp3) is 0.333. The number of rotatable bonds is 4. The molecule has 70 valence electrons. The van der Waals surface area contributed by atoms with Gasteiger partial charge in [-0.15, -0.1) is 0 Å². The highest BCUT2D eigenvalue weighted by Gasteiger charge is 2.09. The standard InChI is InChI=1S/C9H11NO3/c1-13-9(12)5-4-8(11)7-3-2-6-10-7/h2-3,6,10H,4-5H2,1H3. The highest BCUT2D eigenvalue weighted by atomic mass is 16.5. The summed E-state index contributed by atoms with van der Waals surface area (Å²) in [6.07, 6.45) is 1.99. The molecular weight excluding hydrogens is 170 g/mol. The second kappa shape index (κ2) is 4.45. The first-order valence-corrected chi connectivity index (χ1v) is 3.97. The summed E-state index contributed by atoms with van der Waals surface area (Å²) in [6.45, 7) is 0. The lowest BCUT2D eigenvalue weighted by Crippen LogP contribution is -2.06. The Morgan fingerprint density at radius 1 is 1.46 bits per heavy atom. The minimum atomic E-state index is -0.361. The van der Waals surface area contributed by atoms with Gasteiger partial charge in [-0.2, -0.15) is 0 Å². The Morgan fingerprint density at radius 3 is 2.77 bits per heavy atom. The molecule has 1 aromatic heterocycles. The number of aromatic amines is 1. The fourth-order valence-corrected chi connectivity index (χ4v) is 0.956. The molecule has 0 fully saturated rings. The summed E-state index contributed by atoms with van der Waals surface area (Å²) in [5.74, 6) is -0.435. The van der Waals surface area contributed by atoms with E-state index in [0.29, 0.717) is 5.69 Å². The van der Waals surface area contributed by atoms with Crippen molar-refractivity contribution in [2.45, 2.75) is 12.8 Å². The highest BCUT2D eigenvalue weighted by Crippen LogP contribution is 2.02. The second-order valence-electron chi connectivity index (χ2n) is 2.58. The average Bonchev–Trinajstić information content (AvgIpc) is 2.66. The predicted octanol–water partition coefficient (Wildman–Crippen LogP) is 1.15. The first kappa shape index (κ1) is 9.51. The van der Waals surface area contributed by atoms with Crippen LogP contribution in [-0.2, 0) is 9.53 Å². The van der Waals surface area contributed by atoms with Crippen LogP contribution in [0, 0.1) is 0 Å². The lowest BCUT2D eigenvalue weighted by molar-refractivity contribution is -0.140. The molecule has 13 heavy (non-hydrogen) atoms. The molecule has 0 bridgehead atoms. The van der Waals surface area contributed by atoms with Crippen molar-refractivity contribution >= 4 is 11.8 Å². The van der Waals surface area contributed by atoms with Crippen molar-refractivity contribution in [1.29, 1.82) is 0 Å². The summed E-state index contributed by atoms with van der Waals surface area (Å²) in [5, 5.41) is 0. The zero-order valence-electron chi connectivity index (χ0n) is 7.37. The number of carbonyl (C=O) groups excluding carboxylic acids is 2. The van der Waals surface area contributed by atoms with Crippen LogP contribution in [0.4, 0.5) is 0 Å². The lowest BCUT2D eigenvalue weighted by atomic mass is 10.2. The number of esters is 1. The molecule has 1 heterocycles. The van der Waals surface area contributed by atoms with E-state index in [0.717, 1.165) is 0 Å². The van der Waals surface area contributed by atoms with Crippen molar-refractivity contribution in [3.05, 3.63) is 24.0 Å². The van der Waals surface area contributed by atoms with Crippen LogP contribution in [0.2, 0.25) is 0 Å². The van der Waals surface area contributed by atoms with Gasteiger partial charge in [0.1, 0.15) is 0 Å². The predicted molar refractivity (Wildman–Crippen MR) is 46.4 cm³/mol. The van der Waals surface area contributed by atoms with Crippen LogP contribution in [0.5, 0.6) is 0 Å². The second-order valence-corrected chi connectivity index (χ2v) is 2.58. The van der Waals surface area contributed by atoms with Gasteiger partial charge in [0.05, 0.1) is 19.2 Å². The van der Waals surface area contributed by atoms with Gasteiger partial charge in [0, 0.05) is 12.6 Å². The first-order chi connectivity index (χ1) is 6.24. The van der Waals surface area contributed by atoms with Gasteiger partial charge in [-0.3, -0.25) is 9.59 Å². The molecule has 0 aliphatic heterocycles. The summed E-state index contributed by atoms with van der Waals surface area (Å²) >= 11 is 0. The lowest BCUT2D eigenvalue weighted by Gasteiger charge is -1.97. The third-order valence-corrected chi connectivity index (χ3v) is 1.68. The van der Waals surface area contributed by atoms with Gasteiger partial charge in [-0.05, 0) is 12.1 Å². The van der Waals surface area contributed by atoms with Crippen molar-refractivity contribution in [3.63, 3.8) is 0 Å². The van der Waals surface area contributed by atoms with E-state index in [-0.39, 0.29) is 24.6 Å². The number of hydrogen-bond acceptors (Lipinski definition) is 3. The molecule has 0 saturated carbocycles. The molecule has 0 spiro atoms. The molecule has 0 radical (unpaired) electrons. The number of nitrogens with one attached hydrogen (secondary N) is 1. The van der Waals surface area contributed by atoms with E-state index in [1.807, 2.05) is 0 Å². The van der Waals surface area contributed by atoms with Crippen molar-refractivity contribution in [2.24, 2.45) is 0 Å². The summed E-state index contributed by atoms with van der Waals surface area (Å²) in [5.41, 5.74) is 0.531. The number of hydrogen-bond donors (Lipinski definition) is 1. The van der Waals surface area contributed by atoms with E-state index in [2.05, 4.69) is 9.72 Å². The van der Waals surface area contributed by atoms with Crippen LogP contribution < -0.4 is 0 Å². The van der Waals surface area contributed by atoms with Crippen LogP contribution in [0.25, 0.3) is 0 Å². The largest absolute Gasteiger partial charge is 0.469 e. The number of methoxy groups -OCH3 is 1. The molecule has 0 aromatic carbocycles. The Bertz CT molecular complexity index is 290. The summed E-state index contributed by atoms with van der Waals surface area (Å²) in [4.78, 5) is 24.8. The minimum absolute atomic E-state index is 0.0737. The smallest absolute Gasteiger partial charge is 0.305 e. The molecule has 0 amide bonds. The van der Waals surface area contributed by atoms with E-state index in [9.17, 15) is 9.59 Å². The zero-order chi connectivity index (χ0) is 9.68. The maximum Gasteiger partial charge on any atom is 0.305 e. The SMILES string of the molecule is COC(=O)CCC(=O)c1ccc[nH]1. The number of Topliss-reactive ketones (excluding diaryl/α,β-unsaturated/α-hetero) is 1. The van der Waals surface area contributed by atoms with Crippen LogP contribution in [0.15, 0.2) is 18.3 Å². The Kier molecular flexibility index (Phi) is 3.25. The Morgan fingerprint density at radius 2 is 2.23 bits per heavy atom. The maximum atomic E-state index is 11.3. The van der Waals surface area contributed by atoms with Gasteiger partial charge in [0.15, 0.2) is 5.78 Å². The number of carbonyl (C=O) groups is 2. The first-order valence-electron chi connectivity index (χ1n) is 3.97. The van der Waals surface area contributed by atoms with E-state index >= 15 is 0 Å². The molecular formula is C9H11NO3. The summed E-state index contributed by atoms with van der Waals surface area (Å²) in [7, 11) is 1.31. The van der Waals surface area contributed by atoms with E-state index in [1.54, 1.807) is 18.3 Å². The molecule has 1 rings (SSSR count). The fourth-order valence-electron chi connectivity index (χ4n) is 0.956. The molecule has 4 heteroatoms. The highest BCUT2D eigenvalue weighted by molar-refractivity contribution is 5.95. The summed E-state index contributed by atoms with van der Waals surface area (Å²) in [6, 6.07) is 3.42. The van der Waals surface area contributed by atoms with Crippen molar-refractivity contribution < 1.29 is 14.3 Å². The topological polar surface area (TPSA) is 59.2 Å². The quantitative estimate of drug-likeness (QED) is 0.560. The maximum absolute atomic E-state index is 11.3. The Balaban J connectivity index is 2.39. The van der Waals surface area contributed by atoms with E-state index in [1.165, 1.54) is 7.11 Å². The van der Waals surface area contributed by atoms with Gasteiger partial charge in [0.25, 0.3) is 0 Å². The normalized spacial score (nSPS) is 9.62. The summed E-state index contributed by atoms with van der Waals surface area (Å²) < 4.78 is 4.42. The number of aromatic nitrogens is 1. The van der Waals surface area contributed by atoms with Crippen molar-refractivity contribution in [1.82, 2.24) is 4.98 Å². The molecule has 4 nitrogen and oxygen atoms in total. The van der Waals surface area contributed by atoms with Gasteiger partial charge < -0.3 is 9.72 Å². The number of ketones is 1. The minimum Gasteiger partial charge on any atom is -0.469 e. The zero-order valence-corrected chi connectivity index (χ0v) is 7.37. The van der Waals surface area contributed by atoms with E-state index < -0.39 is 0 Å². The van der Waals surface area contributed by atoms with Gasteiger partial charge in [-0.1, -0.05) is 0 Å². The molecule has 1 N–H and O–H groups in total. The van der Waals surface area contributed by atoms with Crippen molar-refractivity contribution in [2.75, 3.05) is 7.11 Å². The van der Waals surface area contributed by atoms with Crippen molar-refractivity contribution in [3.8, 4) is 0 Å². The molecule has 0 unspecified atom stereocenters. The van der Waals surface area contributed by atoms with Crippen LogP contribution in [0.3, 0.4) is 0 Å². The monoisotopic (exact) mass is 181 g/mol. The number of ether oxygens (including phenoxy) is 1. The number of H-pyrrole nitrogens is 1. The average molecular weight is 181 g/mol. The Labute approximate surface area is 75.9 Å². The van der Waals surface area contributed by atoms with Gasteiger partial charge in [-0.25, -0.2) is 0 Å². The molecule has 0 atom stereocenters. The molecule has 0 saturated heterocycles. The van der Waals surface area contributed by atoms with Gasteiger partial charge >= 0.3 is 5.97 Å². The van der Waals surface area contributed by atoms with Crippen LogP contribution >= 0.6 is 0 Å². The third-order valence-electron chi connectivity index (χ3n) is 1.68. The third kappa shape index (κ3) is 2.74. The molecule has 0 aliphatic carbocycles. The Hall–Kier alpha value is -1.58. The van der Waals surface area contributed by atoms with E-state index in [4.69, 9.17) is 0 Å².